The Morgan fingerprint density at radius 2 is 1.79 bits per heavy atom. The summed E-state index contributed by atoms with van der Waals surface area (Å²) in [6.07, 6.45) is -4.95. The van der Waals surface area contributed by atoms with E-state index in [9.17, 15) is 23.1 Å². The van der Waals surface area contributed by atoms with E-state index in [4.69, 9.17) is 5.11 Å². The number of hydrogen-bond donors (Lipinski definition) is 2. The lowest BCUT2D eigenvalue weighted by molar-refractivity contribution is -0.141. The van der Waals surface area contributed by atoms with E-state index in [-0.39, 0.29) is 23.3 Å². The molecule has 0 unspecified atom stereocenters. The minimum absolute atomic E-state index is 0. The number of pyridine rings is 1. The number of fused-ring (bicyclic) bond motifs is 1. The fourth-order valence-electron chi connectivity index (χ4n) is 1.60. The number of carboxylic acids is 1. The van der Waals surface area contributed by atoms with Crippen LogP contribution in [0.5, 0.6) is 5.75 Å². The molecular formula is C11H7ClF3NO3. The molecule has 0 radical (unpaired) electrons. The van der Waals surface area contributed by atoms with Gasteiger partial charge in [0.15, 0.2) is 5.69 Å². The molecule has 0 amide bonds. The molecule has 1 aromatic heterocycles. The molecule has 0 saturated carbocycles. The Morgan fingerprint density at radius 1 is 1.21 bits per heavy atom. The van der Waals surface area contributed by atoms with Gasteiger partial charge in [0.05, 0.1) is 5.52 Å². The summed E-state index contributed by atoms with van der Waals surface area (Å²) in [6.45, 7) is 0. The SMILES string of the molecule is Cl.O=C(O)c1c(C(F)(F)F)nc2ccccc2c1O. The maximum absolute atomic E-state index is 12.7. The van der Waals surface area contributed by atoms with Crippen molar-refractivity contribution >= 4 is 29.3 Å². The van der Waals surface area contributed by atoms with Crippen LogP contribution in [0.1, 0.15) is 16.1 Å². The first-order chi connectivity index (χ1) is 8.32. The van der Waals surface area contributed by atoms with Crippen LogP contribution in [0.15, 0.2) is 24.3 Å². The Morgan fingerprint density at radius 3 is 2.32 bits per heavy atom. The molecule has 0 atom stereocenters. The lowest BCUT2D eigenvalue weighted by Crippen LogP contribution is -2.15. The first-order valence-corrected chi connectivity index (χ1v) is 4.74. The summed E-state index contributed by atoms with van der Waals surface area (Å²) < 4.78 is 38.0. The second kappa shape index (κ2) is 4.93. The number of benzene rings is 1. The number of alkyl halides is 3. The quantitative estimate of drug-likeness (QED) is 0.847. The summed E-state index contributed by atoms with van der Waals surface area (Å²) in [5, 5.41) is 18.4. The number of aromatic hydroxyl groups is 1. The topological polar surface area (TPSA) is 70.4 Å². The normalized spacial score (nSPS) is 11.1. The Hall–Kier alpha value is -2.02. The minimum atomic E-state index is -4.95. The van der Waals surface area contributed by atoms with Crippen molar-refractivity contribution < 1.29 is 28.2 Å². The first kappa shape index (κ1) is 15.0. The van der Waals surface area contributed by atoms with E-state index in [0.717, 1.165) is 0 Å². The summed E-state index contributed by atoms with van der Waals surface area (Å²) in [5.41, 5.74) is -2.96. The molecule has 8 heteroatoms. The molecule has 1 heterocycles. The zero-order chi connectivity index (χ0) is 13.5. The molecule has 2 N–H and O–H groups in total. The number of halogens is 4. The third kappa shape index (κ3) is 2.55. The van der Waals surface area contributed by atoms with Crippen LogP contribution in [0.25, 0.3) is 10.9 Å². The van der Waals surface area contributed by atoms with Gasteiger partial charge >= 0.3 is 12.1 Å². The van der Waals surface area contributed by atoms with Crippen LogP contribution in [-0.4, -0.2) is 21.2 Å². The van der Waals surface area contributed by atoms with Gasteiger partial charge in [-0.05, 0) is 12.1 Å². The minimum Gasteiger partial charge on any atom is -0.506 e. The average Bonchev–Trinajstić information content (AvgIpc) is 2.27. The molecule has 0 aliphatic heterocycles. The maximum atomic E-state index is 12.7. The molecule has 0 aliphatic carbocycles. The molecule has 102 valence electrons. The van der Waals surface area contributed by atoms with E-state index in [2.05, 4.69) is 4.98 Å². The first-order valence-electron chi connectivity index (χ1n) is 4.74. The third-order valence-corrected chi connectivity index (χ3v) is 2.35. The molecular weight excluding hydrogens is 287 g/mol. The van der Waals surface area contributed by atoms with E-state index >= 15 is 0 Å². The third-order valence-electron chi connectivity index (χ3n) is 2.35. The highest BCUT2D eigenvalue weighted by Gasteiger charge is 2.39. The zero-order valence-electron chi connectivity index (χ0n) is 9.10. The van der Waals surface area contributed by atoms with Crippen LogP contribution >= 0.6 is 12.4 Å². The second-order valence-electron chi connectivity index (χ2n) is 3.50. The van der Waals surface area contributed by atoms with Gasteiger partial charge in [0.1, 0.15) is 11.3 Å². The lowest BCUT2D eigenvalue weighted by atomic mass is 10.1. The predicted octanol–water partition coefficient (Wildman–Crippen LogP) is 3.08. The van der Waals surface area contributed by atoms with Crippen LogP contribution < -0.4 is 0 Å². The van der Waals surface area contributed by atoms with Gasteiger partial charge in [-0.15, -0.1) is 12.4 Å². The predicted molar refractivity (Wildman–Crippen MR) is 62.6 cm³/mol. The number of hydrogen-bond acceptors (Lipinski definition) is 3. The van der Waals surface area contributed by atoms with Gasteiger partial charge in [-0.3, -0.25) is 0 Å². The highest BCUT2D eigenvalue weighted by atomic mass is 35.5. The zero-order valence-corrected chi connectivity index (χ0v) is 9.92. The van der Waals surface area contributed by atoms with Crippen LogP contribution in [-0.2, 0) is 6.18 Å². The summed E-state index contributed by atoms with van der Waals surface area (Å²) >= 11 is 0. The van der Waals surface area contributed by atoms with Crippen LogP contribution in [0.4, 0.5) is 13.2 Å². The Bertz CT molecular complexity index is 643. The number of nitrogens with zero attached hydrogens (tertiary/aromatic N) is 1. The van der Waals surface area contributed by atoms with Gasteiger partial charge in [-0.25, -0.2) is 9.78 Å². The van der Waals surface area contributed by atoms with Crippen molar-refractivity contribution in [2.45, 2.75) is 6.18 Å². The van der Waals surface area contributed by atoms with E-state index in [1.807, 2.05) is 0 Å². The summed E-state index contributed by atoms with van der Waals surface area (Å²) in [4.78, 5) is 14.1. The fourth-order valence-corrected chi connectivity index (χ4v) is 1.60. The van der Waals surface area contributed by atoms with Gasteiger partial charge in [-0.1, -0.05) is 12.1 Å². The molecule has 1 aromatic carbocycles. The summed E-state index contributed by atoms with van der Waals surface area (Å²) in [6, 6.07) is 5.46. The highest BCUT2D eigenvalue weighted by molar-refractivity contribution is 6.00. The van der Waals surface area contributed by atoms with Gasteiger partial charge in [0, 0.05) is 5.39 Å². The monoisotopic (exact) mass is 293 g/mol. The van der Waals surface area contributed by atoms with Crippen molar-refractivity contribution in [3.05, 3.63) is 35.5 Å². The number of carbonyl (C=O) groups is 1. The molecule has 2 aromatic rings. The summed E-state index contributed by atoms with van der Waals surface area (Å²) in [5.74, 6) is -2.81. The average molecular weight is 294 g/mol. The number of carboxylic acid groups (broad SMARTS) is 1. The van der Waals surface area contributed by atoms with Gasteiger partial charge in [0.2, 0.25) is 0 Å². The van der Waals surface area contributed by atoms with Crippen molar-refractivity contribution in [2.24, 2.45) is 0 Å². The maximum Gasteiger partial charge on any atom is 0.434 e. The second-order valence-corrected chi connectivity index (χ2v) is 3.50. The van der Waals surface area contributed by atoms with Gasteiger partial charge in [-0.2, -0.15) is 13.2 Å². The van der Waals surface area contributed by atoms with E-state index < -0.39 is 29.2 Å². The molecule has 19 heavy (non-hydrogen) atoms. The van der Waals surface area contributed by atoms with Gasteiger partial charge in [0.25, 0.3) is 0 Å². The molecule has 0 bridgehead atoms. The molecule has 0 spiro atoms. The number of aromatic carboxylic acids is 1. The number of aromatic nitrogens is 1. The largest absolute Gasteiger partial charge is 0.506 e. The Balaban J connectivity index is 0.00000180. The molecule has 2 rings (SSSR count). The van der Waals surface area contributed by atoms with Crippen molar-refractivity contribution in [3.63, 3.8) is 0 Å². The van der Waals surface area contributed by atoms with E-state index in [0.29, 0.717) is 0 Å². The highest BCUT2D eigenvalue weighted by Crippen LogP contribution is 2.37. The molecule has 4 nitrogen and oxygen atoms in total. The van der Waals surface area contributed by atoms with Gasteiger partial charge < -0.3 is 10.2 Å². The molecule has 0 aliphatic rings. The summed E-state index contributed by atoms with van der Waals surface area (Å²) in [7, 11) is 0. The van der Waals surface area contributed by atoms with Crippen LogP contribution in [0, 0.1) is 0 Å². The Kier molecular flexibility index (Phi) is 3.90. The van der Waals surface area contributed by atoms with Crippen LogP contribution in [0.2, 0.25) is 0 Å². The Labute approximate surface area is 110 Å². The van der Waals surface area contributed by atoms with Crippen molar-refractivity contribution in [1.82, 2.24) is 4.98 Å². The lowest BCUT2D eigenvalue weighted by Gasteiger charge is -2.12. The van der Waals surface area contributed by atoms with E-state index in [1.165, 1.54) is 24.3 Å². The van der Waals surface area contributed by atoms with Crippen LogP contribution in [0.3, 0.4) is 0 Å². The van der Waals surface area contributed by atoms with E-state index in [1.54, 1.807) is 0 Å². The molecule has 0 saturated heterocycles. The standard InChI is InChI=1S/C11H6F3NO3.ClH/c12-11(13,14)9-7(10(17)18)8(16)5-3-1-2-4-6(5)15-9;/h1-4H,(H,15,16)(H,17,18);1H. The number of para-hydroxylation sites is 1. The fraction of sp³-hybridized carbons (Fsp3) is 0.0909. The van der Waals surface area contributed by atoms with Crippen molar-refractivity contribution in [2.75, 3.05) is 0 Å². The number of rotatable bonds is 1. The van der Waals surface area contributed by atoms with Crippen molar-refractivity contribution in [1.29, 1.82) is 0 Å². The van der Waals surface area contributed by atoms with Crippen molar-refractivity contribution in [3.8, 4) is 5.75 Å². The molecule has 0 fully saturated rings. The smallest absolute Gasteiger partial charge is 0.434 e.